The highest BCUT2D eigenvalue weighted by atomic mass is 16.5. The van der Waals surface area contributed by atoms with E-state index in [1.807, 2.05) is 6.07 Å². The standard InChI is InChI=1S/C18H23NO/c1-14(2)15-9-11-17(12-10-15)19-18(13-20-3)16-7-5-4-6-8-16/h4-12,14,18-19H,13H2,1-3H3. The van der Waals surface area contributed by atoms with E-state index in [2.05, 4.69) is 67.7 Å². The molecule has 106 valence electrons. The van der Waals surface area contributed by atoms with Crippen molar-refractivity contribution in [1.82, 2.24) is 0 Å². The number of methoxy groups -OCH3 is 1. The minimum atomic E-state index is 0.172. The molecule has 0 heterocycles. The monoisotopic (exact) mass is 269 g/mol. The van der Waals surface area contributed by atoms with Crippen LogP contribution in [-0.2, 0) is 4.74 Å². The zero-order valence-electron chi connectivity index (χ0n) is 12.5. The SMILES string of the molecule is COCC(Nc1ccc(C(C)C)cc1)c1ccccc1. The number of hydrogen-bond acceptors (Lipinski definition) is 2. The third-order valence-corrected chi connectivity index (χ3v) is 3.45. The van der Waals surface area contributed by atoms with Gasteiger partial charge in [-0.05, 0) is 29.2 Å². The zero-order chi connectivity index (χ0) is 14.4. The second kappa shape index (κ2) is 7.11. The summed E-state index contributed by atoms with van der Waals surface area (Å²) in [6, 6.07) is 19.2. The number of anilines is 1. The Hall–Kier alpha value is -1.80. The van der Waals surface area contributed by atoms with Crippen LogP contribution in [0.4, 0.5) is 5.69 Å². The summed E-state index contributed by atoms with van der Waals surface area (Å²) < 4.78 is 5.33. The van der Waals surface area contributed by atoms with Gasteiger partial charge in [0.15, 0.2) is 0 Å². The maximum atomic E-state index is 5.33. The van der Waals surface area contributed by atoms with Crippen molar-refractivity contribution >= 4 is 5.69 Å². The van der Waals surface area contributed by atoms with Crippen molar-refractivity contribution in [2.24, 2.45) is 0 Å². The van der Waals surface area contributed by atoms with Gasteiger partial charge in [-0.3, -0.25) is 0 Å². The van der Waals surface area contributed by atoms with Crippen LogP contribution in [-0.4, -0.2) is 13.7 Å². The molecule has 2 rings (SSSR count). The van der Waals surface area contributed by atoms with Crippen LogP contribution < -0.4 is 5.32 Å². The third kappa shape index (κ3) is 3.84. The zero-order valence-corrected chi connectivity index (χ0v) is 12.5. The molecule has 0 spiro atoms. The lowest BCUT2D eigenvalue weighted by molar-refractivity contribution is 0.186. The Bertz CT molecular complexity index is 505. The molecule has 0 aliphatic carbocycles. The van der Waals surface area contributed by atoms with Crippen LogP contribution >= 0.6 is 0 Å². The first-order chi connectivity index (χ1) is 9.70. The average Bonchev–Trinajstić information content (AvgIpc) is 2.48. The number of rotatable bonds is 6. The molecule has 2 heteroatoms. The molecule has 0 radical (unpaired) electrons. The van der Waals surface area contributed by atoms with Gasteiger partial charge in [0.1, 0.15) is 0 Å². The molecule has 0 aromatic heterocycles. The van der Waals surface area contributed by atoms with Crippen molar-refractivity contribution in [2.45, 2.75) is 25.8 Å². The fourth-order valence-corrected chi connectivity index (χ4v) is 2.24. The Labute approximate surface area is 121 Å². The summed E-state index contributed by atoms with van der Waals surface area (Å²) in [6.07, 6.45) is 0. The second-order valence-corrected chi connectivity index (χ2v) is 5.34. The van der Waals surface area contributed by atoms with Gasteiger partial charge in [-0.25, -0.2) is 0 Å². The van der Waals surface area contributed by atoms with E-state index in [0.717, 1.165) is 5.69 Å². The normalized spacial score (nSPS) is 12.4. The lowest BCUT2D eigenvalue weighted by Gasteiger charge is -2.20. The smallest absolute Gasteiger partial charge is 0.0747 e. The highest BCUT2D eigenvalue weighted by Gasteiger charge is 2.10. The first kappa shape index (κ1) is 14.6. The van der Waals surface area contributed by atoms with Gasteiger partial charge in [0.05, 0.1) is 12.6 Å². The molecule has 0 bridgehead atoms. The lowest BCUT2D eigenvalue weighted by Crippen LogP contribution is -2.16. The number of ether oxygens (including phenoxy) is 1. The summed E-state index contributed by atoms with van der Waals surface area (Å²) in [5, 5.41) is 3.54. The Morgan fingerprint density at radius 1 is 0.900 bits per heavy atom. The average molecular weight is 269 g/mol. The van der Waals surface area contributed by atoms with Crippen molar-refractivity contribution in [2.75, 3.05) is 19.0 Å². The van der Waals surface area contributed by atoms with E-state index in [1.165, 1.54) is 11.1 Å². The predicted octanol–water partition coefficient (Wildman–Crippen LogP) is 4.61. The molecule has 1 unspecified atom stereocenters. The molecule has 2 nitrogen and oxygen atoms in total. The summed E-state index contributed by atoms with van der Waals surface area (Å²) in [6.45, 7) is 5.07. The molecule has 0 saturated carbocycles. The van der Waals surface area contributed by atoms with Gasteiger partial charge in [-0.2, -0.15) is 0 Å². The molecule has 1 N–H and O–H groups in total. The summed E-state index contributed by atoms with van der Waals surface area (Å²) in [4.78, 5) is 0. The summed E-state index contributed by atoms with van der Waals surface area (Å²) in [5.41, 5.74) is 3.72. The van der Waals surface area contributed by atoms with E-state index in [4.69, 9.17) is 4.74 Å². The lowest BCUT2D eigenvalue weighted by atomic mass is 10.0. The van der Waals surface area contributed by atoms with Gasteiger partial charge in [-0.1, -0.05) is 56.3 Å². The molecule has 0 amide bonds. The first-order valence-electron chi connectivity index (χ1n) is 7.11. The third-order valence-electron chi connectivity index (χ3n) is 3.45. The molecule has 0 aliphatic heterocycles. The predicted molar refractivity (Wildman–Crippen MR) is 85.2 cm³/mol. The Morgan fingerprint density at radius 3 is 2.10 bits per heavy atom. The fourth-order valence-electron chi connectivity index (χ4n) is 2.24. The van der Waals surface area contributed by atoms with Crippen molar-refractivity contribution in [1.29, 1.82) is 0 Å². The number of benzene rings is 2. The van der Waals surface area contributed by atoms with Crippen LogP contribution in [0.15, 0.2) is 54.6 Å². The molecule has 0 fully saturated rings. The van der Waals surface area contributed by atoms with Crippen LogP contribution in [0.2, 0.25) is 0 Å². The highest BCUT2D eigenvalue weighted by Crippen LogP contribution is 2.22. The molecular formula is C18H23NO. The topological polar surface area (TPSA) is 21.3 Å². The van der Waals surface area contributed by atoms with Gasteiger partial charge < -0.3 is 10.1 Å². The van der Waals surface area contributed by atoms with E-state index < -0.39 is 0 Å². The molecular weight excluding hydrogens is 246 g/mol. The van der Waals surface area contributed by atoms with Gasteiger partial charge in [0, 0.05) is 12.8 Å². The summed E-state index contributed by atoms with van der Waals surface area (Å²) in [5.74, 6) is 0.563. The van der Waals surface area contributed by atoms with E-state index in [0.29, 0.717) is 12.5 Å². The van der Waals surface area contributed by atoms with E-state index in [1.54, 1.807) is 7.11 Å². The van der Waals surface area contributed by atoms with Crippen LogP contribution in [0.3, 0.4) is 0 Å². The highest BCUT2D eigenvalue weighted by molar-refractivity contribution is 5.47. The Balaban J connectivity index is 2.12. The minimum absolute atomic E-state index is 0.172. The summed E-state index contributed by atoms with van der Waals surface area (Å²) >= 11 is 0. The molecule has 0 saturated heterocycles. The second-order valence-electron chi connectivity index (χ2n) is 5.34. The molecule has 0 aliphatic rings. The van der Waals surface area contributed by atoms with Gasteiger partial charge in [0.2, 0.25) is 0 Å². The van der Waals surface area contributed by atoms with Crippen LogP contribution in [0.1, 0.15) is 36.9 Å². The van der Waals surface area contributed by atoms with Crippen LogP contribution in [0, 0.1) is 0 Å². The van der Waals surface area contributed by atoms with Gasteiger partial charge in [-0.15, -0.1) is 0 Å². The minimum Gasteiger partial charge on any atom is -0.382 e. The number of hydrogen-bond donors (Lipinski definition) is 1. The summed E-state index contributed by atoms with van der Waals surface area (Å²) in [7, 11) is 1.74. The van der Waals surface area contributed by atoms with E-state index >= 15 is 0 Å². The fraction of sp³-hybridized carbons (Fsp3) is 0.333. The number of nitrogens with one attached hydrogen (secondary N) is 1. The largest absolute Gasteiger partial charge is 0.382 e. The molecule has 2 aromatic carbocycles. The van der Waals surface area contributed by atoms with Crippen LogP contribution in [0.25, 0.3) is 0 Å². The Morgan fingerprint density at radius 2 is 1.55 bits per heavy atom. The van der Waals surface area contributed by atoms with Crippen molar-refractivity contribution in [3.63, 3.8) is 0 Å². The van der Waals surface area contributed by atoms with E-state index in [9.17, 15) is 0 Å². The molecule has 1 atom stereocenters. The van der Waals surface area contributed by atoms with Crippen LogP contribution in [0.5, 0.6) is 0 Å². The van der Waals surface area contributed by atoms with Crippen molar-refractivity contribution < 1.29 is 4.74 Å². The Kier molecular flexibility index (Phi) is 5.19. The quantitative estimate of drug-likeness (QED) is 0.827. The molecule has 2 aromatic rings. The maximum Gasteiger partial charge on any atom is 0.0747 e. The van der Waals surface area contributed by atoms with E-state index in [-0.39, 0.29) is 6.04 Å². The van der Waals surface area contributed by atoms with Gasteiger partial charge in [0.25, 0.3) is 0 Å². The van der Waals surface area contributed by atoms with Crippen molar-refractivity contribution in [3.05, 3.63) is 65.7 Å². The maximum absolute atomic E-state index is 5.33. The molecule has 20 heavy (non-hydrogen) atoms. The van der Waals surface area contributed by atoms with Crippen molar-refractivity contribution in [3.8, 4) is 0 Å². The van der Waals surface area contributed by atoms with Gasteiger partial charge >= 0.3 is 0 Å². The first-order valence-corrected chi connectivity index (χ1v) is 7.11.